The minimum Gasteiger partial charge on any atom is -0.481 e. The average Bonchev–Trinajstić information content (AvgIpc) is 2.74. The molecule has 96 valence electrons. The van der Waals surface area contributed by atoms with Crippen molar-refractivity contribution in [3.63, 3.8) is 0 Å². The summed E-state index contributed by atoms with van der Waals surface area (Å²) in [6.07, 6.45) is 2.84. The highest BCUT2D eigenvalue weighted by Gasteiger charge is 2.21. The summed E-state index contributed by atoms with van der Waals surface area (Å²) >= 11 is 0. The molecule has 1 aromatic rings. The first kappa shape index (κ1) is 13.6. The molecule has 0 aliphatic rings. The lowest BCUT2D eigenvalue weighted by atomic mass is 10.0. The zero-order valence-electron chi connectivity index (χ0n) is 10.6. The van der Waals surface area contributed by atoms with Crippen LogP contribution in [0.25, 0.3) is 0 Å². The summed E-state index contributed by atoms with van der Waals surface area (Å²) in [5.74, 6) is 0.235. The smallest absolute Gasteiger partial charge is 0.305 e. The van der Waals surface area contributed by atoms with Crippen molar-refractivity contribution < 1.29 is 9.90 Å². The number of aliphatic carboxylic acids is 1. The summed E-state index contributed by atoms with van der Waals surface area (Å²) in [4.78, 5) is 10.8. The van der Waals surface area contributed by atoms with Crippen molar-refractivity contribution in [1.29, 1.82) is 0 Å². The van der Waals surface area contributed by atoms with Gasteiger partial charge in [0.15, 0.2) is 5.82 Å². The number of tetrazole rings is 1. The topological polar surface area (TPSA) is 80.9 Å². The molecule has 0 aromatic carbocycles. The summed E-state index contributed by atoms with van der Waals surface area (Å²) in [7, 11) is 0. The van der Waals surface area contributed by atoms with E-state index in [0.29, 0.717) is 6.42 Å². The second-order valence-corrected chi connectivity index (χ2v) is 4.33. The number of aromatic nitrogens is 4. The average molecular weight is 240 g/mol. The van der Waals surface area contributed by atoms with Crippen LogP contribution in [0.5, 0.6) is 0 Å². The van der Waals surface area contributed by atoms with Crippen LogP contribution >= 0.6 is 0 Å². The number of hydrogen-bond acceptors (Lipinski definition) is 4. The van der Waals surface area contributed by atoms with Gasteiger partial charge in [-0.05, 0) is 23.3 Å². The van der Waals surface area contributed by atoms with E-state index in [0.717, 1.165) is 18.7 Å². The Morgan fingerprint density at radius 3 is 2.71 bits per heavy atom. The summed E-state index contributed by atoms with van der Waals surface area (Å²) in [5, 5.41) is 20.5. The standard InChI is InChI=1S/C11H20N4O2/c1-4-6-8(3)11-12-13-14-15(11)9(5-2)7-10(16)17/h8-9H,4-7H2,1-3H3,(H,16,17). The number of hydrogen-bond donors (Lipinski definition) is 1. The Hall–Kier alpha value is -1.46. The van der Waals surface area contributed by atoms with Crippen LogP contribution in [0, 0.1) is 0 Å². The second kappa shape index (κ2) is 6.32. The minimum atomic E-state index is -0.818. The van der Waals surface area contributed by atoms with Gasteiger partial charge in [0.05, 0.1) is 12.5 Å². The number of rotatable bonds is 7. The van der Waals surface area contributed by atoms with Gasteiger partial charge in [0.2, 0.25) is 0 Å². The monoisotopic (exact) mass is 240 g/mol. The third kappa shape index (κ3) is 3.51. The van der Waals surface area contributed by atoms with Crippen LogP contribution in [0.1, 0.15) is 64.2 Å². The third-order valence-corrected chi connectivity index (χ3v) is 2.91. The quantitative estimate of drug-likeness (QED) is 0.788. The molecule has 0 spiro atoms. The predicted octanol–water partition coefficient (Wildman–Crippen LogP) is 2.00. The Balaban J connectivity index is 2.88. The molecule has 1 rings (SSSR count). The van der Waals surface area contributed by atoms with E-state index in [1.165, 1.54) is 0 Å². The van der Waals surface area contributed by atoms with E-state index in [1.807, 2.05) is 6.92 Å². The van der Waals surface area contributed by atoms with E-state index < -0.39 is 5.97 Å². The van der Waals surface area contributed by atoms with E-state index in [-0.39, 0.29) is 18.4 Å². The Morgan fingerprint density at radius 2 is 2.18 bits per heavy atom. The first-order valence-corrected chi connectivity index (χ1v) is 6.09. The molecule has 0 saturated heterocycles. The van der Waals surface area contributed by atoms with Crippen LogP contribution in [0.15, 0.2) is 0 Å². The first-order chi connectivity index (χ1) is 8.10. The molecule has 6 heteroatoms. The van der Waals surface area contributed by atoms with Crippen molar-refractivity contribution in [2.45, 2.75) is 58.4 Å². The van der Waals surface area contributed by atoms with Crippen molar-refractivity contribution in [2.75, 3.05) is 0 Å². The van der Waals surface area contributed by atoms with Gasteiger partial charge in [-0.3, -0.25) is 4.79 Å². The number of carboxylic acid groups (broad SMARTS) is 1. The van der Waals surface area contributed by atoms with Crippen LogP contribution < -0.4 is 0 Å². The highest BCUT2D eigenvalue weighted by Crippen LogP contribution is 2.23. The normalized spacial score (nSPS) is 14.5. The van der Waals surface area contributed by atoms with Gasteiger partial charge < -0.3 is 5.11 Å². The zero-order chi connectivity index (χ0) is 12.8. The van der Waals surface area contributed by atoms with E-state index in [2.05, 4.69) is 29.4 Å². The Bertz CT molecular complexity index is 364. The molecular weight excluding hydrogens is 220 g/mol. The minimum absolute atomic E-state index is 0.0629. The molecule has 1 aromatic heterocycles. The fourth-order valence-electron chi connectivity index (χ4n) is 1.95. The predicted molar refractivity (Wildman–Crippen MR) is 62.7 cm³/mol. The fourth-order valence-corrected chi connectivity index (χ4v) is 1.95. The lowest BCUT2D eigenvalue weighted by Gasteiger charge is -2.17. The Kier molecular flexibility index (Phi) is 5.06. The first-order valence-electron chi connectivity index (χ1n) is 6.09. The SMILES string of the molecule is CCCC(C)c1nnnn1C(CC)CC(=O)O. The molecule has 0 amide bonds. The number of nitrogens with zero attached hydrogens (tertiary/aromatic N) is 4. The largest absolute Gasteiger partial charge is 0.481 e. The lowest BCUT2D eigenvalue weighted by Crippen LogP contribution is -2.18. The van der Waals surface area contributed by atoms with Crippen LogP contribution in [-0.2, 0) is 4.79 Å². The molecule has 2 unspecified atom stereocenters. The van der Waals surface area contributed by atoms with Crippen molar-refractivity contribution in [1.82, 2.24) is 20.2 Å². The van der Waals surface area contributed by atoms with Gasteiger partial charge in [-0.15, -0.1) is 5.10 Å². The fraction of sp³-hybridized carbons (Fsp3) is 0.818. The zero-order valence-corrected chi connectivity index (χ0v) is 10.6. The molecule has 0 aliphatic carbocycles. The van der Waals surface area contributed by atoms with Crippen LogP contribution in [0.3, 0.4) is 0 Å². The van der Waals surface area contributed by atoms with E-state index in [1.54, 1.807) is 4.68 Å². The molecular formula is C11H20N4O2. The van der Waals surface area contributed by atoms with Crippen LogP contribution in [0.4, 0.5) is 0 Å². The molecule has 0 aliphatic heterocycles. The summed E-state index contributed by atoms with van der Waals surface area (Å²) < 4.78 is 1.68. The second-order valence-electron chi connectivity index (χ2n) is 4.33. The van der Waals surface area contributed by atoms with Crippen molar-refractivity contribution >= 4 is 5.97 Å². The van der Waals surface area contributed by atoms with Gasteiger partial charge in [-0.2, -0.15) is 0 Å². The number of carbonyl (C=O) groups is 1. The Labute approximate surface area is 101 Å². The molecule has 6 nitrogen and oxygen atoms in total. The van der Waals surface area contributed by atoms with Gasteiger partial charge in [0.25, 0.3) is 0 Å². The van der Waals surface area contributed by atoms with E-state index >= 15 is 0 Å². The summed E-state index contributed by atoms with van der Waals surface area (Å²) in [5.41, 5.74) is 0. The third-order valence-electron chi connectivity index (χ3n) is 2.91. The molecule has 1 N–H and O–H groups in total. The summed E-state index contributed by atoms with van der Waals surface area (Å²) in [6.45, 7) is 6.13. The van der Waals surface area contributed by atoms with Crippen molar-refractivity contribution in [3.05, 3.63) is 5.82 Å². The summed E-state index contributed by atoms with van der Waals surface area (Å²) in [6, 6.07) is -0.156. The highest BCUT2D eigenvalue weighted by molar-refractivity contribution is 5.67. The van der Waals surface area contributed by atoms with Gasteiger partial charge in [0, 0.05) is 5.92 Å². The molecule has 0 radical (unpaired) electrons. The molecule has 0 fully saturated rings. The van der Waals surface area contributed by atoms with E-state index in [4.69, 9.17) is 5.11 Å². The van der Waals surface area contributed by atoms with E-state index in [9.17, 15) is 4.79 Å². The molecule has 17 heavy (non-hydrogen) atoms. The molecule has 1 heterocycles. The van der Waals surface area contributed by atoms with Gasteiger partial charge in [0.1, 0.15) is 0 Å². The lowest BCUT2D eigenvalue weighted by molar-refractivity contribution is -0.138. The van der Waals surface area contributed by atoms with Gasteiger partial charge >= 0.3 is 5.97 Å². The molecule has 2 atom stereocenters. The van der Waals surface area contributed by atoms with Gasteiger partial charge in [-0.1, -0.05) is 27.2 Å². The number of carboxylic acids is 1. The Morgan fingerprint density at radius 1 is 1.47 bits per heavy atom. The van der Waals surface area contributed by atoms with Gasteiger partial charge in [-0.25, -0.2) is 4.68 Å². The maximum Gasteiger partial charge on any atom is 0.305 e. The van der Waals surface area contributed by atoms with Crippen LogP contribution in [0.2, 0.25) is 0 Å². The van der Waals surface area contributed by atoms with Crippen molar-refractivity contribution in [3.8, 4) is 0 Å². The maximum atomic E-state index is 10.8. The molecule has 0 saturated carbocycles. The van der Waals surface area contributed by atoms with Crippen LogP contribution in [-0.4, -0.2) is 31.3 Å². The highest BCUT2D eigenvalue weighted by atomic mass is 16.4. The molecule has 0 bridgehead atoms. The van der Waals surface area contributed by atoms with Crippen molar-refractivity contribution in [2.24, 2.45) is 0 Å². The maximum absolute atomic E-state index is 10.8.